The van der Waals surface area contributed by atoms with Gasteiger partial charge in [0.1, 0.15) is 11.4 Å². The van der Waals surface area contributed by atoms with E-state index in [1.165, 1.54) is 12.8 Å². The van der Waals surface area contributed by atoms with E-state index in [1.54, 1.807) is 7.11 Å². The van der Waals surface area contributed by atoms with E-state index < -0.39 is 5.60 Å². The minimum absolute atomic E-state index is 0.177. The molecule has 2 heterocycles. The third-order valence-corrected chi connectivity index (χ3v) is 4.40. The Balaban J connectivity index is 1.80. The molecule has 0 bridgehead atoms. The zero-order valence-electron chi connectivity index (χ0n) is 11.3. The third kappa shape index (κ3) is 3.02. The van der Waals surface area contributed by atoms with Gasteiger partial charge >= 0.3 is 0 Å². The Morgan fingerprint density at radius 2 is 2.00 bits per heavy atom. The molecule has 0 radical (unpaired) electrons. The van der Waals surface area contributed by atoms with Crippen molar-refractivity contribution in [2.75, 3.05) is 40.0 Å². The number of nitrogens with zero attached hydrogens (tertiary/aromatic N) is 1. The van der Waals surface area contributed by atoms with Gasteiger partial charge in [0.05, 0.1) is 0 Å². The molecule has 0 amide bonds. The lowest BCUT2D eigenvalue weighted by Gasteiger charge is -2.41. The molecule has 3 N–H and O–H groups in total. The van der Waals surface area contributed by atoms with Crippen molar-refractivity contribution in [1.82, 2.24) is 4.90 Å². The van der Waals surface area contributed by atoms with E-state index in [4.69, 9.17) is 20.6 Å². The van der Waals surface area contributed by atoms with E-state index in [1.807, 2.05) is 0 Å². The largest absolute Gasteiger partial charge is 0.385 e. The monoisotopic (exact) mass is 255 g/mol. The summed E-state index contributed by atoms with van der Waals surface area (Å²) in [6.45, 7) is 4.93. The van der Waals surface area contributed by atoms with Crippen LogP contribution in [0.5, 0.6) is 0 Å². The highest BCUT2D eigenvalue weighted by atomic mass is 16.5. The number of piperidine rings is 1. The van der Waals surface area contributed by atoms with E-state index in [0.29, 0.717) is 0 Å². The standard InChI is InChI=1S/C13H25N3O2/c1-17-13(12(14)15)4-6-16(7-5-13)10-11-2-8-18-9-3-11/h11H,2-10H2,1H3,(H3,14,15). The van der Waals surface area contributed by atoms with Crippen LogP contribution >= 0.6 is 0 Å². The molecule has 104 valence electrons. The first-order valence-corrected chi connectivity index (χ1v) is 6.86. The van der Waals surface area contributed by atoms with E-state index in [9.17, 15) is 0 Å². The van der Waals surface area contributed by atoms with E-state index in [0.717, 1.165) is 51.6 Å². The maximum Gasteiger partial charge on any atom is 0.126 e. The van der Waals surface area contributed by atoms with Gasteiger partial charge < -0.3 is 20.1 Å². The van der Waals surface area contributed by atoms with Crippen LogP contribution in [0.1, 0.15) is 25.7 Å². The van der Waals surface area contributed by atoms with Gasteiger partial charge in [0.25, 0.3) is 0 Å². The van der Waals surface area contributed by atoms with Crippen LogP contribution in [0.3, 0.4) is 0 Å². The van der Waals surface area contributed by atoms with Gasteiger partial charge in [-0.05, 0) is 31.6 Å². The Hall–Kier alpha value is -0.650. The van der Waals surface area contributed by atoms with Gasteiger partial charge in [-0.1, -0.05) is 0 Å². The number of likely N-dealkylation sites (tertiary alicyclic amines) is 1. The van der Waals surface area contributed by atoms with Gasteiger partial charge in [0.2, 0.25) is 0 Å². The topological polar surface area (TPSA) is 71.6 Å². The van der Waals surface area contributed by atoms with Crippen molar-refractivity contribution < 1.29 is 9.47 Å². The molecule has 0 aliphatic carbocycles. The van der Waals surface area contributed by atoms with Gasteiger partial charge in [-0.15, -0.1) is 0 Å². The summed E-state index contributed by atoms with van der Waals surface area (Å²) >= 11 is 0. The number of methoxy groups -OCH3 is 1. The number of hydrogen-bond donors (Lipinski definition) is 2. The highest BCUT2D eigenvalue weighted by Crippen LogP contribution is 2.27. The van der Waals surface area contributed by atoms with Crippen LogP contribution in [-0.2, 0) is 9.47 Å². The second-order valence-electron chi connectivity index (χ2n) is 5.47. The summed E-state index contributed by atoms with van der Waals surface area (Å²) in [6, 6.07) is 0. The summed E-state index contributed by atoms with van der Waals surface area (Å²) in [6.07, 6.45) is 4.03. The molecule has 18 heavy (non-hydrogen) atoms. The third-order valence-electron chi connectivity index (χ3n) is 4.40. The second-order valence-corrected chi connectivity index (χ2v) is 5.47. The fraction of sp³-hybridized carbons (Fsp3) is 0.923. The molecule has 0 saturated carbocycles. The van der Waals surface area contributed by atoms with Crippen molar-refractivity contribution in [1.29, 1.82) is 5.41 Å². The summed E-state index contributed by atoms with van der Waals surface area (Å²) in [5.41, 5.74) is 5.16. The molecule has 2 aliphatic rings. The second kappa shape index (κ2) is 5.99. The molecule has 2 aliphatic heterocycles. The zero-order valence-corrected chi connectivity index (χ0v) is 11.3. The average Bonchev–Trinajstić information content (AvgIpc) is 2.41. The molecule has 5 nitrogen and oxygen atoms in total. The van der Waals surface area contributed by atoms with Gasteiger partial charge in [-0.3, -0.25) is 5.41 Å². The Labute approximate surface area is 109 Å². The fourth-order valence-electron chi connectivity index (χ4n) is 2.97. The van der Waals surface area contributed by atoms with Crippen LogP contribution < -0.4 is 5.73 Å². The van der Waals surface area contributed by atoms with Gasteiger partial charge in [0.15, 0.2) is 0 Å². The van der Waals surface area contributed by atoms with Crippen LogP contribution in [0.2, 0.25) is 0 Å². The number of nitrogens with two attached hydrogens (primary N) is 1. The van der Waals surface area contributed by atoms with Crippen LogP contribution in [-0.4, -0.2) is 56.3 Å². The van der Waals surface area contributed by atoms with E-state index in [2.05, 4.69) is 4.90 Å². The Morgan fingerprint density at radius 3 is 2.50 bits per heavy atom. The molecule has 5 heteroatoms. The van der Waals surface area contributed by atoms with E-state index in [-0.39, 0.29) is 5.84 Å². The molecule has 2 saturated heterocycles. The minimum Gasteiger partial charge on any atom is -0.385 e. The highest BCUT2D eigenvalue weighted by Gasteiger charge is 2.37. The normalized spacial score (nSPS) is 26.1. The van der Waals surface area contributed by atoms with Crippen LogP contribution in [0, 0.1) is 11.3 Å². The maximum atomic E-state index is 7.67. The van der Waals surface area contributed by atoms with Crippen LogP contribution in [0.4, 0.5) is 0 Å². The number of ether oxygens (including phenoxy) is 2. The Kier molecular flexibility index (Phi) is 4.59. The lowest BCUT2D eigenvalue weighted by molar-refractivity contribution is -0.0152. The summed E-state index contributed by atoms with van der Waals surface area (Å²) in [5, 5.41) is 7.67. The molecular weight excluding hydrogens is 230 g/mol. The maximum absolute atomic E-state index is 7.67. The van der Waals surface area contributed by atoms with Gasteiger partial charge in [-0.2, -0.15) is 0 Å². The molecule has 0 aromatic carbocycles. The Morgan fingerprint density at radius 1 is 1.39 bits per heavy atom. The molecule has 0 atom stereocenters. The predicted octanol–water partition coefficient (Wildman–Crippen LogP) is 0.830. The Bertz CT molecular complexity index is 282. The first-order valence-electron chi connectivity index (χ1n) is 6.86. The first kappa shape index (κ1) is 13.8. The number of hydrogen-bond acceptors (Lipinski definition) is 4. The average molecular weight is 255 g/mol. The smallest absolute Gasteiger partial charge is 0.126 e. The first-order chi connectivity index (χ1) is 8.66. The predicted molar refractivity (Wildman–Crippen MR) is 70.9 cm³/mol. The summed E-state index contributed by atoms with van der Waals surface area (Å²) in [7, 11) is 1.66. The summed E-state index contributed by atoms with van der Waals surface area (Å²) in [5.74, 6) is 0.946. The minimum atomic E-state index is -0.508. The molecule has 0 spiro atoms. The molecular formula is C13H25N3O2. The highest BCUT2D eigenvalue weighted by molar-refractivity contribution is 5.86. The molecule has 0 aromatic heterocycles. The molecule has 2 fully saturated rings. The van der Waals surface area contributed by atoms with Gasteiger partial charge in [0, 0.05) is 40.0 Å². The SMILES string of the molecule is COC1(C(=N)N)CCN(CC2CCOCC2)CC1. The van der Waals surface area contributed by atoms with Crippen LogP contribution in [0.15, 0.2) is 0 Å². The lowest BCUT2D eigenvalue weighted by atomic mass is 9.89. The van der Waals surface area contributed by atoms with Crippen molar-refractivity contribution in [3.63, 3.8) is 0 Å². The molecule has 2 rings (SSSR count). The summed E-state index contributed by atoms with van der Waals surface area (Å²) in [4.78, 5) is 2.48. The molecule has 0 aromatic rings. The number of nitrogens with one attached hydrogen (secondary N) is 1. The van der Waals surface area contributed by atoms with Crippen molar-refractivity contribution in [3.05, 3.63) is 0 Å². The zero-order chi connectivity index (χ0) is 13.0. The van der Waals surface area contributed by atoms with E-state index >= 15 is 0 Å². The number of rotatable bonds is 4. The van der Waals surface area contributed by atoms with Crippen LogP contribution in [0.25, 0.3) is 0 Å². The van der Waals surface area contributed by atoms with Crippen molar-refractivity contribution in [2.45, 2.75) is 31.3 Å². The van der Waals surface area contributed by atoms with Crippen molar-refractivity contribution in [2.24, 2.45) is 11.7 Å². The number of amidine groups is 1. The van der Waals surface area contributed by atoms with Crippen molar-refractivity contribution >= 4 is 5.84 Å². The fourth-order valence-corrected chi connectivity index (χ4v) is 2.97. The van der Waals surface area contributed by atoms with Crippen molar-refractivity contribution in [3.8, 4) is 0 Å². The molecule has 0 unspecified atom stereocenters. The summed E-state index contributed by atoms with van der Waals surface area (Å²) < 4.78 is 10.9. The van der Waals surface area contributed by atoms with Gasteiger partial charge in [-0.25, -0.2) is 0 Å². The lowest BCUT2D eigenvalue weighted by Crippen LogP contribution is -2.53. The quantitative estimate of drug-likeness (QED) is 0.576.